The molecule has 0 unspecified atom stereocenters. The standard InChI is InChI=1S/C12H10BrFN2O2/c13-7-1-2-8-9(5-7)16(6-10(17)15-8)11(18)12(14)3-4-12/h1-2,5H,3-4,6H2,(H,15,17). The molecule has 2 amide bonds. The summed E-state index contributed by atoms with van der Waals surface area (Å²) in [6, 6.07) is 5.16. The van der Waals surface area contributed by atoms with Crippen LogP contribution in [0.4, 0.5) is 15.8 Å². The Balaban J connectivity index is 2.03. The average molecular weight is 313 g/mol. The predicted octanol–water partition coefficient (Wildman–Crippen LogP) is 2.24. The van der Waals surface area contributed by atoms with E-state index in [9.17, 15) is 14.0 Å². The summed E-state index contributed by atoms with van der Waals surface area (Å²) < 4.78 is 14.6. The molecule has 4 nitrogen and oxygen atoms in total. The third-order valence-corrected chi connectivity index (χ3v) is 3.64. The third-order valence-electron chi connectivity index (χ3n) is 3.14. The molecule has 3 rings (SSSR count). The van der Waals surface area contributed by atoms with Gasteiger partial charge < -0.3 is 5.32 Å². The maximum atomic E-state index is 13.9. The van der Waals surface area contributed by atoms with Crippen molar-refractivity contribution in [1.82, 2.24) is 0 Å². The normalized spacial score (nSPS) is 20.1. The van der Waals surface area contributed by atoms with Crippen LogP contribution >= 0.6 is 15.9 Å². The van der Waals surface area contributed by atoms with E-state index < -0.39 is 11.6 Å². The Hall–Kier alpha value is -1.43. The molecular weight excluding hydrogens is 303 g/mol. The van der Waals surface area contributed by atoms with Crippen LogP contribution < -0.4 is 10.2 Å². The van der Waals surface area contributed by atoms with Crippen molar-refractivity contribution in [1.29, 1.82) is 0 Å². The van der Waals surface area contributed by atoms with E-state index in [1.54, 1.807) is 18.2 Å². The molecule has 6 heteroatoms. The fourth-order valence-corrected chi connectivity index (χ4v) is 2.35. The minimum atomic E-state index is -1.77. The van der Waals surface area contributed by atoms with Gasteiger partial charge in [0.05, 0.1) is 11.4 Å². The maximum absolute atomic E-state index is 13.9. The number of alkyl halides is 1. The third kappa shape index (κ3) is 1.80. The van der Waals surface area contributed by atoms with Gasteiger partial charge in [-0.05, 0) is 31.0 Å². The zero-order valence-electron chi connectivity index (χ0n) is 9.37. The lowest BCUT2D eigenvalue weighted by Crippen LogP contribution is -2.46. The SMILES string of the molecule is O=C1CN(C(=O)C2(F)CC2)c2cc(Br)ccc2N1. The summed E-state index contributed by atoms with van der Waals surface area (Å²) in [7, 11) is 0. The van der Waals surface area contributed by atoms with Gasteiger partial charge in [-0.2, -0.15) is 0 Å². The molecule has 1 N–H and O–H groups in total. The van der Waals surface area contributed by atoms with E-state index in [1.807, 2.05) is 0 Å². The highest BCUT2D eigenvalue weighted by atomic mass is 79.9. The van der Waals surface area contributed by atoms with E-state index in [0.717, 1.165) is 4.47 Å². The Morgan fingerprint density at radius 3 is 2.83 bits per heavy atom. The lowest BCUT2D eigenvalue weighted by atomic mass is 10.1. The molecular formula is C12H10BrFN2O2. The number of amides is 2. The van der Waals surface area contributed by atoms with Gasteiger partial charge in [-0.3, -0.25) is 14.5 Å². The van der Waals surface area contributed by atoms with Crippen molar-refractivity contribution in [3.05, 3.63) is 22.7 Å². The molecule has 0 spiro atoms. The Kier molecular flexibility index (Phi) is 2.45. The van der Waals surface area contributed by atoms with Crippen LogP contribution in [-0.2, 0) is 9.59 Å². The van der Waals surface area contributed by atoms with Crippen LogP contribution in [0.5, 0.6) is 0 Å². The number of rotatable bonds is 1. The van der Waals surface area contributed by atoms with E-state index in [-0.39, 0.29) is 25.3 Å². The van der Waals surface area contributed by atoms with Gasteiger partial charge in [-0.25, -0.2) is 4.39 Å². The van der Waals surface area contributed by atoms with Crippen LogP contribution in [0.25, 0.3) is 0 Å². The molecule has 0 saturated heterocycles. The fourth-order valence-electron chi connectivity index (χ4n) is 2.00. The summed E-state index contributed by atoms with van der Waals surface area (Å²) >= 11 is 3.30. The minimum Gasteiger partial charge on any atom is -0.323 e. The van der Waals surface area contributed by atoms with E-state index in [0.29, 0.717) is 11.4 Å². The number of carbonyl (C=O) groups excluding carboxylic acids is 2. The second-order valence-corrected chi connectivity index (χ2v) is 5.48. The summed E-state index contributed by atoms with van der Waals surface area (Å²) in [5, 5.41) is 2.67. The number of carbonyl (C=O) groups is 2. The summed E-state index contributed by atoms with van der Waals surface area (Å²) in [6.45, 7) is -0.131. The van der Waals surface area contributed by atoms with Crippen molar-refractivity contribution in [2.75, 3.05) is 16.8 Å². The highest BCUT2D eigenvalue weighted by Crippen LogP contribution is 2.44. The van der Waals surface area contributed by atoms with Gasteiger partial charge in [0.1, 0.15) is 6.54 Å². The van der Waals surface area contributed by atoms with Gasteiger partial charge in [-0.15, -0.1) is 0 Å². The topological polar surface area (TPSA) is 49.4 Å². The Bertz CT molecular complexity index is 557. The number of anilines is 2. The predicted molar refractivity (Wildman–Crippen MR) is 68.2 cm³/mol. The van der Waals surface area contributed by atoms with Crippen molar-refractivity contribution in [2.45, 2.75) is 18.5 Å². The number of hydrogen-bond acceptors (Lipinski definition) is 2. The molecule has 1 heterocycles. The van der Waals surface area contributed by atoms with Crippen molar-refractivity contribution in [3.8, 4) is 0 Å². The van der Waals surface area contributed by atoms with E-state index in [4.69, 9.17) is 0 Å². The van der Waals surface area contributed by atoms with Crippen molar-refractivity contribution in [2.24, 2.45) is 0 Å². The lowest BCUT2D eigenvalue weighted by molar-refractivity contribution is -0.126. The molecule has 0 atom stereocenters. The van der Waals surface area contributed by atoms with Crippen molar-refractivity contribution >= 4 is 39.1 Å². The molecule has 18 heavy (non-hydrogen) atoms. The van der Waals surface area contributed by atoms with Gasteiger partial charge in [0.2, 0.25) is 5.91 Å². The molecule has 1 aromatic carbocycles. The summed E-state index contributed by atoms with van der Waals surface area (Å²) in [5.74, 6) is -0.917. The zero-order valence-corrected chi connectivity index (χ0v) is 11.0. The van der Waals surface area contributed by atoms with E-state index in [2.05, 4.69) is 21.2 Å². The van der Waals surface area contributed by atoms with Crippen LogP contribution in [0, 0.1) is 0 Å². The van der Waals surface area contributed by atoms with E-state index in [1.165, 1.54) is 4.90 Å². The van der Waals surface area contributed by atoms with Crippen LogP contribution in [-0.4, -0.2) is 24.0 Å². The molecule has 2 aliphatic rings. The minimum absolute atomic E-state index is 0.131. The first-order valence-corrected chi connectivity index (χ1v) is 6.39. The smallest absolute Gasteiger partial charge is 0.265 e. The molecule has 1 aromatic rings. The number of halogens is 2. The van der Waals surface area contributed by atoms with Crippen LogP contribution in [0.1, 0.15) is 12.8 Å². The Morgan fingerprint density at radius 1 is 1.44 bits per heavy atom. The van der Waals surface area contributed by atoms with E-state index >= 15 is 0 Å². The van der Waals surface area contributed by atoms with Crippen molar-refractivity contribution in [3.63, 3.8) is 0 Å². The van der Waals surface area contributed by atoms with Gasteiger partial charge >= 0.3 is 0 Å². The first-order valence-electron chi connectivity index (χ1n) is 5.60. The number of fused-ring (bicyclic) bond motifs is 1. The molecule has 1 aliphatic carbocycles. The zero-order chi connectivity index (χ0) is 12.9. The summed E-state index contributed by atoms with van der Waals surface area (Å²) in [5.41, 5.74) is -0.693. The van der Waals surface area contributed by atoms with Gasteiger partial charge in [0.25, 0.3) is 5.91 Å². The van der Waals surface area contributed by atoms with Gasteiger partial charge in [-0.1, -0.05) is 15.9 Å². The average Bonchev–Trinajstić information content (AvgIpc) is 3.07. The maximum Gasteiger partial charge on any atom is 0.265 e. The molecule has 94 valence electrons. The van der Waals surface area contributed by atoms with Crippen LogP contribution in [0.3, 0.4) is 0 Å². The fraction of sp³-hybridized carbons (Fsp3) is 0.333. The molecule has 0 aromatic heterocycles. The second-order valence-electron chi connectivity index (χ2n) is 4.57. The summed E-state index contributed by atoms with van der Waals surface area (Å²) in [4.78, 5) is 24.8. The quantitative estimate of drug-likeness (QED) is 0.864. The Labute approximate surface area is 111 Å². The monoisotopic (exact) mass is 312 g/mol. The molecule has 1 saturated carbocycles. The second kappa shape index (κ2) is 3.78. The molecule has 0 bridgehead atoms. The number of hydrogen-bond donors (Lipinski definition) is 1. The van der Waals surface area contributed by atoms with Crippen molar-refractivity contribution < 1.29 is 14.0 Å². The van der Waals surface area contributed by atoms with Gasteiger partial charge in [0, 0.05) is 4.47 Å². The first-order chi connectivity index (χ1) is 8.49. The molecule has 0 radical (unpaired) electrons. The summed E-state index contributed by atoms with van der Waals surface area (Å²) in [6.07, 6.45) is 0.487. The van der Waals surface area contributed by atoms with Gasteiger partial charge in [0.15, 0.2) is 5.67 Å². The lowest BCUT2D eigenvalue weighted by Gasteiger charge is -2.30. The Morgan fingerprint density at radius 2 is 2.17 bits per heavy atom. The highest BCUT2D eigenvalue weighted by molar-refractivity contribution is 9.10. The first kappa shape index (κ1) is 11.6. The largest absolute Gasteiger partial charge is 0.323 e. The highest BCUT2D eigenvalue weighted by Gasteiger charge is 2.54. The number of nitrogens with one attached hydrogen (secondary N) is 1. The van der Waals surface area contributed by atoms with Crippen LogP contribution in [0.15, 0.2) is 22.7 Å². The number of benzene rings is 1. The molecule has 1 fully saturated rings. The van der Waals surface area contributed by atoms with Crippen LogP contribution in [0.2, 0.25) is 0 Å². The molecule has 1 aliphatic heterocycles. The number of nitrogens with zero attached hydrogens (tertiary/aromatic N) is 1.